The summed E-state index contributed by atoms with van der Waals surface area (Å²) in [6, 6.07) is 5.63. The van der Waals surface area contributed by atoms with Crippen LogP contribution >= 0.6 is 23.6 Å². The Morgan fingerprint density at radius 2 is 1.20 bits per heavy atom. The molecule has 306 valence electrons. The Morgan fingerprint density at radius 1 is 0.763 bits per heavy atom. The van der Waals surface area contributed by atoms with Gasteiger partial charge >= 0.3 is 0 Å². The highest BCUT2D eigenvalue weighted by Crippen LogP contribution is 2.41. The fraction of sp³-hybridized carbons (Fsp3) is 0.463. The number of rotatable bonds is 11. The molecular weight excluding hydrogens is 785 g/mol. The Labute approximate surface area is 349 Å². The zero-order valence-electron chi connectivity index (χ0n) is 33.9. The van der Waals surface area contributed by atoms with E-state index in [1.54, 1.807) is 24.0 Å². The molecule has 4 saturated carbocycles. The summed E-state index contributed by atoms with van der Waals surface area (Å²) in [5.41, 5.74) is 13.0. The molecule has 59 heavy (non-hydrogen) atoms. The molecule has 4 N–H and O–H groups in total. The maximum atomic E-state index is 13.6. The van der Waals surface area contributed by atoms with Crippen molar-refractivity contribution in [1.82, 2.24) is 53.0 Å². The van der Waals surface area contributed by atoms with E-state index < -0.39 is 0 Å². The van der Waals surface area contributed by atoms with Gasteiger partial charge in [0.25, 0.3) is 11.8 Å². The lowest BCUT2D eigenvalue weighted by Crippen LogP contribution is -2.36. The molecule has 0 unspecified atom stereocenters. The molecular formula is C41H48N14O2S2. The van der Waals surface area contributed by atoms with Crippen molar-refractivity contribution in [2.24, 2.45) is 19.8 Å². The van der Waals surface area contributed by atoms with Crippen LogP contribution in [0.15, 0.2) is 30.2 Å². The number of nitrogens with one attached hydrogen (secondary N) is 2. The molecule has 0 saturated heterocycles. The number of thiazole rings is 1. The average Bonchev–Trinajstić information content (AvgIpc) is 4.08. The topological polar surface area (TPSA) is 175 Å². The second kappa shape index (κ2) is 14.3. The van der Waals surface area contributed by atoms with E-state index >= 15 is 0 Å². The minimum absolute atomic E-state index is 0.115. The van der Waals surface area contributed by atoms with Crippen LogP contribution in [0, 0.1) is 6.92 Å². The third-order valence-corrected chi connectivity index (χ3v) is 12.8. The van der Waals surface area contributed by atoms with Crippen LogP contribution in [0.2, 0.25) is 0 Å². The van der Waals surface area contributed by atoms with Crippen LogP contribution < -0.4 is 16.4 Å². The Hall–Kier alpha value is -5.62. The predicted octanol–water partition coefficient (Wildman–Crippen LogP) is 6.58. The van der Waals surface area contributed by atoms with Gasteiger partial charge in [0, 0.05) is 67.5 Å². The van der Waals surface area contributed by atoms with Crippen molar-refractivity contribution < 1.29 is 9.59 Å². The van der Waals surface area contributed by atoms with Crippen LogP contribution in [0.3, 0.4) is 0 Å². The average molecular weight is 833 g/mol. The number of imidazole rings is 2. The van der Waals surface area contributed by atoms with Gasteiger partial charge in [-0.3, -0.25) is 9.59 Å². The lowest BCUT2D eigenvalue weighted by molar-refractivity contribution is 0.0711. The summed E-state index contributed by atoms with van der Waals surface area (Å²) in [6.07, 6.45) is 12.5. The van der Waals surface area contributed by atoms with Gasteiger partial charge in [0.15, 0.2) is 21.9 Å². The van der Waals surface area contributed by atoms with E-state index in [0.717, 1.165) is 107 Å². The number of fused-ring (bicyclic) bond motifs is 6. The van der Waals surface area contributed by atoms with Gasteiger partial charge in [-0.1, -0.05) is 0 Å². The minimum atomic E-state index is 0.115. The highest BCUT2D eigenvalue weighted by atomic mass is 32.1. The number of hydrogen-bond donors (Lipinski definition) is 3. The first kappa shape index (κ1) is 37.6. The zero-order chi connectivity index (χ0) is 40.9. The van der Waals surface area contributed by atoms with Crippen molar-refractivity contribution in [2.75, 3.05) is 10.6 Å². The number of carbonyl (C=O) groups is 2. The second-order valence-electron chi connectivity index (χ2n) is 16.3. The number of pyridine rings is 2. The number of anilines is 3. The van der Waals surface area contributed by atoms with E-state index in [9.17, 15) is 9.59 Å². The fourth-order valence-electron chi connectivity index (χ4n) is 8.56. The van der Waals surface area contributed by atoms with E-state index in [1.165, 1.54) is 0 Å². The molecule has 0 aromatic carbocycles. The summed E-state index contributed by atoms with van der Waals surface area (Å²) in [4.78, 5) is 54.6. The van der Waals surface area contributed by atoms with Crippen LogP contribution in [0.1, 0.15) is 91.9 Å². The van der Waals surface area contributed by atoms with Crippen LogP contribution in [0.5, 0.6) is 0 Å². The molecule has 18 heteroatoms. The van der Waals surface area contributed by atoms with Crippen LogP contribution in [-0.4, -0.2) is 94.1 Å². The molecule has 0 radical (unpaired) electrons. The number of nitrogens with two attached hydrogens (primary N) is 1. The number of hydrogen-bond acceptors (Lipinski definition) is 10. The van der Waals surface area contributed by atoms with Gasteiger partial charge in [-0.05, 0) is 96.5 Å². The maximum Gasteiger partial charge on any atom is 0.271 e. The molecule has 11 rings (SSSR count). The van der Waals surface area contributed by atoms with E-state index in [2.05, 4.69) is 46.9 Å². The van der Waals surface area contributed by atoms with E-state index in [4.69, 9.17) is 27.9 Å². The molecule has 2 amide bonds. The summed E-state index contributed by atoms with van der Waals surface area (Å²) in [5.74, 6) is 1.45. The number of carbonyl (C=O) groups excluding carboxylic acids is 2. The molecule has 7 heterocycles. The first-order valence-corrected chi connectivity index (χ1v) is 21.9. The molecule has 0 spiro atoms. The van der Waals surface area contributed by atoms with Gasteiger partial charge in [0.1, 0.15) is 33.7 Å². The Bertz CT molecular complexity index is 2810. The van der Waals surface area contributed by atoms with Crippen LogP contribution in [0.4, 0.5) is 16.8 Å². The summed E-state index contributed by atoms with van der Waals surface area (Å²) in [5, 5.41) is 11.1. The Balaban J connectivity index is 0.000000143. The molecule has 0 aliphatic heterocycles. The lowest BCUT2D eigenvalue weighted by Gasteiger charge is -2.22. The van der Waals surface area contributed by atoms with Gasteiger partial charge in [-0.25, -0.2) is 24.9 Å². The van der Waals surface area contributed by atoms with Crippen molar-refractivity contribution in [2.45, 2.75) is 109 Å². The molecule has 4 aliphatic rings. The number of aryl methyl sites for hydroxylation is 5. The summed E-state index contributed by atoms with van der Waals surface area (Å²) < 4.78 is 8.00. The monoisotopic (exact) mass is 832 g/mol. The number of nitrogens with zero attached hydrogens (tertiary/aromatic N) is 11. The van der Waals surface area contributed by atoms with Gasteiger partial charge in [0.2, 0.25) is 0 Å². The van der Waals surface area contributed by atoms with E-state index in [1.807, 2.05) is 59.2 Å². The summed E-state index contributed by atoms with van der Waals surface area (Å²) in [6.45, 7) is 7.41. The molecule has 7 aromatic heterocycles. The molecule has 4 fully saturated rings. The normalized spacial score (nSPS) is 16.5. The van der Waals surface area contributed by atoms with Crippen molar-refractivity contribution in [3.8, 4) is 0 Å². The van der Waals surface area contributed by atoms with Crippen LogP contribution in [-0.2, 0) is 27.2 Å². The fourth-order valence-corrected chi connectivity index (χ4v) is 9.34. The summed E-state index contributed by atoms with van der Waals surface area (Å²) in [7, 11) is 3.92. The summed E-state index contributed by atoms with van der Waals surface area (Å²) >= 11 is 6.55. The predicted molar refractivity (Wildman–Crippen MR) is 234 cm³/mol. The Morgan fingerprint density at radius 3 is 1.59 bits per heavy atom. The molecule has 0 atom stereocenters. The van der Waals surface area contributed by atoms with E-state index in [0.29, 0.717) is 60.1 Å². The maximum absolute atomic E-state index is 13.6. The Kier molecular flexibility index (Phi) is 9.11. The van der Waals surface area contributed by atoms with Gasteiger partial charge in [-0.2, -0.15) is 0 Å². The van der Waals surface area contributed by atoms with Gasteiger partial charge < -0.3 is 44.4 Å². The van der Waals surface area contributed by atoms with E-state index in [-0.39, 0.29) is 16.9 Å². The smallest absolute Gasteiger partial charge is 0.271 e. The SMILES string of the molecule is CCn1c(C(=O)N(C2CC2)C2CC2)cc2c3c(ncn3C)c(NC(N)=S)nc21.CCn1c(C(=O)N(C2CC2)C2CC2)cc2c3c(ncn3C)c(Nc3nc(C)cs3)nc21. The first-order valence-electron chi connectivity index (χ1n) is 20.6. The van der Waals surface area contributed by atoms with Gasteiger partial charge in [0.05, 0.1) is 29.4 Å². The first-order chi connectivity index (χ1) is 28.5. The molecule has 0 bridgehead atoms. The van der Waals surface area contributed by atoms with Gasteiger partial charge in [-0.15, -0.1) is 11.3 Å². The third kappa shape index (κ3) is 6.65. The molecule has 4 aliphatic carbocycles. The number of thiocarbonyl (C=S) groups is 1. The quantitative estimate of drug-likeness (QED) is 0.120. The van der Waals surface area contributed by atoms with Crippen molar-refractivity contribution in [3.63, 3.8) is 0 Å². The second-order valence-corrected chi connectivity index (χ2v) is 17.6. The van der Waals surface area contributed by atoms with Crippen molar-refractivity contribution >= 4 is 101 Å². The highest BCUT2D eigenvalue weighted by molar-refractivity contribution is 7.80. The van der Waals surface area contributed by atoms with Crippen molar-refractivity contribution in [1.29, 1.82) is 0 Å². The zero-order valence-corrected chi connectivity index (χ0v) is 35.5. The minimum Gasteiger partial charge on any atom is -0.376 e. The lowest BCUT2D eigenvalue weighted by atomic mass is 10.2. The largest absolute Gasteiger partial charge is 0.376 e. The standard InChI is InChI=1S/C22H25N7OS.C19H23N7OS/c1-4-28-16(21(30)29(13-5-6-13)14-7-8-14)9-15-18-17(23-11-27(18)3)19(25-20(15)28)26-22-24-12(2)10-31-22;1-3-25-13(18(27)26(10-4-5-10)11-6-7-11)8-12-15-14(21-9-24(15)2)16(22-17(12)25)23-19(20)28/h9-11,13-14H,4-8H2,1-3H3,(H,24,25,26);8-11H,3-7H2,1-2H3,(H3,20,22,23,28). The molecule has 16 nitrogen and oxygen atoms in total. The third-order valence-electron chi connectivity index (χ3n) is 11.8. The van der Waals surface area contributed by atoms with Crippen LogP contribution in [0.25, 0.3) is 44.1 Å². The number of aromatic nitrogens is 9. The number of amides is 2. The molecule has 7 aromatic rings. The van der Waals surface area contributed by atoms with Crippen molar-refractivity contribution in [3.05, 3.63) is 47.2 Å². The highest BCUT2D eigenvalue weighted by Gasteiger charge is 2.44.